The topological polar surface area (TPSA) is 17.1 Å². The molecule has 96 valence electrons. The van der Waals surface area contributed by atoms with Gasteiger partial charge < -0.3 is 0 Å². The van der Waals surface area contributed by atoms with Crippen LogP contribution in [0.2, 0.25) is 0 Å². The molecule has 0 N–H and O–H groups in total. The molecule has 0 saturated heterocycles. The highest BCUT2D eigenvalue weighted by Gasteiger charge is 2.56. The third-order valence-electron chi connectivity index (χ3n) is 4.00. The maximum Gasteiger partial charge on any atom is 0.203 e. The molecule has 2 aliphatic heterocycles. The molecule has 2 aromatic carbocycles. The average Bonchev–Trinajstić information content (AvgIpc) is 2.42. The van der Waals surface area contributed by atoms with Crippen LogP contribution in [0.3, 0.4) is 0 Å². The van der Waals surface area contributed by atoms with Gasteiger partial charge in [0.15, 0.2) is 0 Å². The number of hydrogen-bond acceptors (Lipinski definition) is 1. The Balaban J connectivity index is 2.12. The maximum absolute atomic E-state index is 12.7. The smallest absolute Gasteiger partial charge is 0.203 e. The summed E-state index contributed by atoms with van der Waals surface area (Å²) in [4.78, 5) is 0. The van der Waals surface area contributed by atoms with Crippen LogP contribution in [0.1, 0.15) is 33.4 Å². The molecule has 2 heterocycles. The Labute approximate surface area is 124 Å². The van der Waals surface area contributed by atoms with Crippen LogP contribution in [0.25, 0.3) is 0 Å². The maximum atomic E-state index is 12.7. The number of benzene rings is 2. The van der Waals surface area contributed by atoms with Crippen LogP contribution in [0.4, 0.5) is 0 Å². The van der Waals surface area contributed by atoms with Crippen LogP contribution >= 0.6 is 23.2 Å². The summed E-state index contributed by atoms with van der Waals surface area (Å²) in [6, 6.07) is 16.1. The highest BCUT2D eigenvalue weighted by atomic mass is 35.5. The van der Waals surface area contributed by atoms with E-state index in [9.17, 15) is 4.21 Å². The van der Waals surface area contributed by atoms with E-state index in [1.165, 1.54) is 0 Å². The molecule has 4 heteroatoms. The highest BCUT2D eigenvalue weighted by molar-refractivity contribution is 7.90. The lowest BCUT2D eigenvalue weighted by atomic mass is 9.78. The number of fused-ring (bicyclic) bond motifs is 1. The molecule has 1 aliphatic carbocycles. The van der Waals surface area contributed by atoms with E-state index in [1.54, 1.807) is 0 Å². The Morgan fingerprint density at radius 2 is 1.26 bits per heavy atom. The Kier molecular flexibility index (Phi) is 2.42. The number of alkyl halides is 2. The average molecular weight is 309 g/mol. The van der Waals surface area contributed by atoms with Gasteiger partial charge in [0.25, 0.3) is 0 Å². The SMILES string of the molecule is O=S1C2c3ccccc3C(c3ccccc32)C1(Cl)Cl. The predicted molar refractivity (Wildman–Crippen MR) is 79.1 cm³/mol. The van der Waals surface area contributed by atoms with Gasteiger partial charge in [0.1, 0.15) is 0 Å². The predicted octanol–water partition coefficient (Wildman–Crippen LogP) is 4.12. The second-order valence-corrected chi connectivity index (χ2v) is 8.47. The normalized spacial score (nSPS) is 29.7. The van der Waals surface area contributed by atoms with Crippen LogP contribution in [0, 0.1) is 0 Å². The van der Waals surface area contributed by atoms with Crippen molar-refractivity contribution < 1.29 is 4.21 Å². The van der Waals surface area contributed by atoms with Crippen LogP contribution in [0.15, 0.2) is 48.5 Å². The third-order valence-corrected chi connectivity index (χ3v) is 7.05. The molecule has 1 nitrogen and oxygen atoms in total. The van der Waals surface area contributed by atoms with Crippen molar-refractivity contribution in [2.75, 3.05) is 0 Å². The number of rotatable bonds is 0. The van der Waals surface area contributed by atoms with Crippen LogP contribution in [-0.2, 0) is 10.8 Å². The molecule has 2 aromatic rings. The molecule has 1 unspecified atom stereocenters. The molecule has 1 atom stereocenters. The lowest BCUT2D eigenvalue weighted by molar-refractivity contribution is 0.639. The van der Waals surface area contributed by atoms with Gasteiger partial charge in [0, 0.05) is 0 Å². The van der Waals surface area contributed by atoms with E-state index in [0.717, 1.165) is 22.3 Å². The molecule has 0 radical (unpaired) electrons. The Morgan fingerprint density at radius 3 is 1.74 bits per heavy atom. The van der Waals surface area contributed by atoms with Gasteiger partial charge in [0.2, 0.25) is 3.67 Å². The van der Waals surface area contributed by atoms with Crippen molar-refractivity contribution in [2.24, 2.45) is 0 Å². The van der Waals surface area contributed by atoms with E-state index in [2.05, 4.69) is 0 Å². The fourth-order valence-electron chi connectivity index (χ4n) is 3.23. The summed E-state index contributed by atoms with van der Waals surface area (Å²) in [6.45, 7) is 0. The van der Waals surface area contributed by atoms with Crippen molar-refractivity contribution in [1.82, 2.24) is 0 Å². The van der Waals surface area contributed by atoms with Gasteiger partial charge in [-0.2, -0.15) is 0 Å². The van der Waals surface area contributed by atoms with Gasteiger partial charge in [-0.3, -0.25) is 4.21 Å². The quantitative estimate of drug-likeness (QED) is 0.669. The Morgan fingerprint density at radius 1 is 0.842 bits per heavy atom. The highest BCUT2D eigenvalue weighted by Crippen LogP contribution is 2.61. The first kappa shape index (κ1) is 12.0. The standard InChI is InChI=1S/C15H10Cl2OS/c16-15(17)13-9-5-1-3-7-11(9)14(19(15)18)12-8-4-2-6-10(12)13/h1-8,13-14H. The monoisotopic (exact) mass is 308 g/mol. The van der Waals surface area contributed by atoms with Gasteiger partial charge in [0.05, 0.1) is 22.0 Å². The largest absolute Gasteiger partial charge is 0.255 e. The minimum absolute atomic E-state index is 0.214. The minimum Gasteiger partial charge on any atom is -0.255 e. The summed E-state index contributed by atoms with van der Waals surface area (Å²) >= 11 is 12.9. The van der Waals surface area contributed by atoms with Crippen molar-refractivity contribution in [3.05, 3.63) is 70.8 Å². The first-order valence-electron chi connectivity index (χ1n) is 6.08. The molecule has 0 spiro atoms. The third kappa shape index (κ3) is 1.40. The van der Waals surface area contributed by atoms with Crippen LogP contribution in [0.5, 0.6) is 0 Å². The molecule has 3 aliphatic rings. The molecular formula is C15H10Cl2OS. The second kappa shape index (κ2) is 3.85. The molecule has 0 fully saturated rings. The summed E-state index contributed by atoms with van der Waals surface area (Å²) in [7, 11) is -1.33. The zero-order valence-corrected chi connectivity index (χ0v) is 12.2. The molecule has 0 saturated carbocycles. The van der Waals surface area contributed by atoms with Crippen molar-refractivity contribution in [2.45, 2.75) is 14.8 Å². The molecule has 19 heavy (non-hydrogen) atoms. The van der Waals surface area contributed by atoms with Gasteiger partial charge in [-0.15, -0.1) is 0 Å². The summed E-state index contributed by atoms with van der Waals surface area (Å²) in [6.07, 6.45) is 0. The molecule has 0 aromatic heterocycles. The minimum atomic E-state index is -1.33. The number of hydrogen-bond donors (Lipinski definition) is 0. The summed E-state index contributed by atoms with van der Waals surface area (Å²) in [5, 5.41) is -0.215. The van der Waals surface area contributed by atoms with E-state index < -0.39 is 14.5 Å². The van der Waals surface area contributed by atoms with Gasteiger partial charge in [-0.1, -0.05) is 71.7 Å². The molecule has 2 bridgehead atoms. The lowest BCUT2D eigenvalue weighted by Crippen LogP contribution is -2.43. The van der Waals surface area contributed by atoms with Crippen molar-refractivity contribution >= 4 is 34.0 Å². The van der Waals surface area contributed by atoms with E-state index in [1.807, 2.05) is 48.5 Å². The Hall–Kier alpha value is -0.830. The van der Waals surface area contributed by atoms with E-state index in [0.29, 0.717) is 0 Å². The molecule has 0 amide bonds. The summed E-state index contributed by atoms with van der Waals surface area (Å²) in [5.74, 6) is -0.214. The molecule has 5 rings (SSSR count). The van der Waals surface area contributed by atoms with Crippen LogP contribution in [-0.4, -0.2) is 7.87 Å². The van der Waals surface area contributed by atoms with E-state index in [4.69, 9.17) is 23.2 Å². The summed E-state index contributed by atoms with van der Waals surface area (Å²) in [5.41, 5.74) is 4.41. The van der Waals surface area contributed by atoms with Gasteiger partial charge in [-0.25, -0.2) is 0 Å². The first-order chi connectivity index (χ1) is 9.12. The number of halogens is 2. The van der Waals surface area contributed by atoms with E-state index in [-0.39, 0.29) is 11.2 Å². The van der Waals surface area contributed by atoms with Crippen LogP contribution < -0.4 is 0 Å². The summed E-state index contributed by atoms with van der Waals surface area (Å²) < 4.78 is 11.4. The van der Waals surface area contributed by atoms with Crippen molar-refractivity contribution in [3.63, 3.8) is 0 Å². The molecular weight excluding hydrogens is 299 g/mol. The van der Waals surface area contributed by atoms with Gasteiger partial charge in [-0.05, 0) is 22.3 Å². The fraction of sp³-hybridized carbons (Fsp3) is 0.200. The van der Waals surface area contributed by atoms with Crippen molar-refractivity contribution in [3.8, 4) is 0 Å². The zero-order valence-electron chi connectivity index (χ0n) is 9.85. The first-order valence-corrected chi connectivity index (χ1v) is 8.05. The zero-order chi connectivity index (χ0) is 13.2. The fourth-order valence-corrected chi connectivity index (χ4v) is 5.92. The second-order valence-electron chi connectivity index (χ2n) is 4.93. The Bertz CT molecular complexity index is 663. The lowest BCUT2D eigenvalue weighted by Gasteiger charge is -2.46. The van der Waals surface area contributed by atoms with E-state index >= 15 is 0 Å². The van der Waals surface area contributed by atoms with Crippen molar-refractivity contribution in [1.29, 1.82) is 0 Å². The van der Waals surface area contributed by atoms with Gasteiger partial charge >= 0.3 is 0 Å².